The van der Waals surface area contributed by atoms with Gasteiger partial charge in [0.15, 0.2) is 5.78 Å². The summed E-state index contributed by atoms with van der Waals surface area (Å²) < 4.78 is 32.6. The number of para-hydroxylation sites is 1. The maximum Gasteiger partial charge on any atom is 0.313 e. The van der Waals surface area contributed by atoms with Crippen LogP contribution in [0.3, 0.4) is 0 Å². The highest BCUT2D eigenvalue weighted by Crippen LogP contribution is 2.41. The molecule has 3 aromatic rings. The van der Waals surface area contributed by atoms with Crippen LogP contribution < -0.4 is 26.0 Å². The molecular weight excluding hydrogens is 703 g/mol. The van der Waals surface area contributed by atoms with Crippen LogP contribution in [-0.4, -0.2) is 65.2 Å². The molecule has 1 fully saturated rings. The fraction of sp³-hybridized carbons (Fsp3) is 0.395. The topological polar surface area (TPSA) is 177 Å². The highest BCUT2D eigenvalue weighted by Gasteiger charge is 2.32. The molecule has 0 aliphatic heterocycles. The smallest absolute Gasteiger partial charge is 0.313 e. The molecule has 4 unspecified atom stereocenters. The first-order chi connectivity index (χ1) is 24.9. The third-order valence-corrected chi connectivity index (χ3v) is 11.3. The average Bonchev–Trinajstić information content (AvgIpc) is 3.13. The molecule has 14 heteroatoms. The number of anilines is 1. The van der Waals surface area contributed by atoms with Crippen LogP contribution >= 0.6 is 7.37 Å². The van der Waals surface area contributed by atoms with E-state index >= 15 is 0 Å². The van der Waals surface area contributed by atoms with Crippen molar-refractivity contribution in [2.45, 2.75) is 69.9 Å². The number of Topliss-reactive ketones (excluding diaryl/α,β-unsaturated/α-hetero) is 1. The standard InChI is InChI=1S/C38H47N4O8PS/c1-51(48,30-19-10-5-11-20-30)50-26-34(43)32(22-23-35(44)42-52(2)49)40-36(45)33(25-28-16-8-4-9-17-28)41-38(47)37(46)39-31-21-13-12-18-29(31)24-27-14-6-3-7-15-27/h3,5-7,10-15,18-21,28,32-33H,4,8-9,16-17,22-26H2,1-2H3,(H,39,46)(H,40,45)(H,41,47)(H,42,44). The molecular formula is C38H47N4O8PS. The molecule has 4 amide bonds. The zero-order valence-electron chi connectivity index (χ0n) is 29.5. The quantitative estimate of drug-likeness (QED) is 0.117. The molecule has 0 bridgehead atoms. The van der Waals surface area contributed by atoms with Crippen LogP contribution in [0, 0.1) is 5.92 Å². The van der Waals surface area contributed by atoms with Gasteiger partial charge in [-0.2, -0.15) is 0 Å². The van der Waals surface area contributed by atoms with Crippen LogP contribution in [0.15, 0.2) is 84.9 Å². The van der Waals surface area contributed by atoms with E-state index < -0.39 is 66.5 Å². The second-order valence-electron chi connectivity index (χ2n) is 13.0. The Bertz CT molecular complexity index is 1770. The van der Waals surface area contributed by atoms with Gasteiger partial charge in [0.1, 0.15) is 23.6 Å². The lowest BCUT2D eigenvalue weighted by Gasteiger charge is -2.28. The molecule has 1 aliphatic carbocycles. The minimum Gasteiger partial charge on any atom is -0.344 e. The maximum absolute atomic E-state index is 13.9. The Morgan fingerprint density at radius 3 is 2.13 bits per heavy atom. The van der Waals surface area contributed by atoms with Crippen LogP contribution in [0.1, 0.15) is 62.5 Å². The number of hydrogen-bond donors (Lipinski definition) is 4. The number of carbonyl (C=O) groups is 5. The minimum atomic E-state index is -3.41. The molecule has 0 radical (unpaired) electrons. The molecule has 52 heavy (non-hydrogen) atoms. The Balaban J connectivity index is 1.49. The van der Waals surface area contributed by atoms with Gasteiger partial charge in [-0.15, -0.1) is 0 Å². The third kappa shape index (κ3) is 13.0. The van der Waals surface area contributed by atoms with E-state index in [0.29, 0.717) is 17.4 Å². The van der Waals surface area contributed by atoms with E-state index in [1.165, 1.54) is 12.9 Å². The van der Waals surface area contributed by atoms with Gasteiger partial charge in [0.2, 0.25) is 19.2 Å². The van der Waals surface area contributed by atoms with E-state index in [0.717, 1.165) is 43.2 Å². The van der Waals surface area contributed by atoms with Gasteiger partial charge in [-0.05, 0) is 54.5 Å². The summed E-state index contributed by atoms with van der Waals surface area (Å²) in [5.74, 6) is -3.83. The lowest BCUT2D eigenvalue weighted by molar-refractivity contribution is -0.138. The lowest BCUT2D eigenvalue weighted by atomic mass is 9.84. The van der Waals surface area contributed by atoms with Gasteiger partial charge in [0, 0.05) is 30.3 Å². The van der Waals surface area contributed by atoms with Gasteiger partial charge in [-0.1, -0.05) is 98.8 Å². The van der Waals surface area contributed by atoms with Crippen molar-refractivity contribution in [1.29, 1.82) is 0 Å². The lowest BCUT2D eigenvalue weighted by Crippen LogP contribution is -2.54. The van der Waals surface area contributed by atoms with E-state index in [1.807, 2.05) is 42.5 Å². The molecule has 1 aliphatic rings. The van der Waals surface area contributed by atoms with Crippen LogP contribution in [0.5, 0.6) is 0 Å². The monoisotopic (exact) mass is 750 g/mol. The molecule has 278 valence electrons. The fourth-order valence-corrected chi connectivity index (χ4v) is 7.80. The number of benzene rings is 3. The van der Waals surface area contributed by atoms with Gasteiger partial charge >= 0.3 is 11.8 Å². The van der Waals surface area contributed by atoms with Gasteiger partial charge in [0.25, 0.3) is 0 Å². The molecule has 0 aromatic heterocycles. The zero-order valence-corrected chi connectivity index (χ0v) is 31.2. The van der Waals surface area contributed by atoms with Crippen molar-refractivity contribution in [3.63, 3.8) is 0 Å². The van der Waals surface area contributed by atoms with Crippen molar-refractivity contribution in [2.24, 2.45) is 5.92 Å². The van der Waals surface area contributed by atoms with E-state index in [-0.39, 0.29) is 25.2 Å². The molecule has 1 saturated carbocycles. The Kier molecular flexibility index (Phi) is 15.5. The minimum absolute atomic E-state index is 0.0964. The third-order valence-electron chi connectivity index (χ3n) is 8.93. The summed E-state index contributed by atoms with van der Waals surface area (Å²) in [6.45, 7) is 0.757. The molecule has 4 N–H and O–H groups in total. The Hall–Kier alpha value is -4.45. The second kappa shape index (κ2) is 20.0. The number of nitrogens with one attached hydrogen (secondary N) is 4. The molecule has 0 saturated heterocycles. The number of rotatable bonds is 17. The van der Waals surface area contributed by atoms with Crippen molar-refractivity contribution in [2.75, 3.05) is 24.8 Å². The Labute approximate surface area is 307 Å². The summed E-state index contributed by atoms with van der Waals surface area (Å²) >= 11 is 0. The van der Waals surface area contributed by atoms with Crippen molar-refractivity contribution >= 4 is 58.8 Å². The average molecular weight is 751 g/mol. The Morgan fingerprint density at radius 1 is 0.827 bits per heavy atom. The molecule has 0 spiro atoms. The second-order valence-corrected chi connectivity index (χ2v) is 16.6. The van der Waals surface area contributed by atoms with Crippen LogP contribution in [0.25, 0.3) is 0 Å². The predicted molar refractivity (Wildman–Crippen MR) is 201 cm³/mol. The van der Waals surface area contributed by atoms with Crippen LogP contribution in [-0.2, 0) is 50.5 Å². The molecule has 0 heterocycles. The maximum atomic E-state index is 13.9. The molecule has 4 rings (SSSR count). The summed E-state index contributed by atoms with van der Waals surface area (Å²) in [5, 5.41) is 8.35. The normalized spacial score (nSPS) is 16.0. The van der Waals surface area contributed by atoms with Crippen molar-refractivity contribution in [1.82, 2.24) is 15.4 Å². The van der Waals surface area contributed by atoms with Crippen molar-refractivity contribution in [3.8, 4) is 0 Å². The number of amides is 4. The predicted octanol–water partition coefficient (Wildman–Crippen LogP) is 4.16. The van der Waals surface area contributed by atoms with Crippen molar-refractivity contribution in [3.05, 3.63) is 96.1 Å². The summed E-state index contributed by atoms with van der Waals surface area (Å²) in [6.07, 6.45) is 6.29. The SMILES string of the molecule is CS(=O)NC(=O)CCC(NC(=O)C(CC1CCCCC1)NC(=O)C(=O)Nc1ccccc1Cc1ccccc1)C(=O)COP(C)(=O)c1ccccc1. The first-order valence-electron chi connectivity index (χ1n) is 17.4. The van der Waals surface area contributed by atoms with Crippen LogP contribution in [0.4, 0.5) is 5.69 Å². The zero-order chi connectivity index (χ0) is 37.5. The summed E-state index contributed by atoms with van der Waals surface area (Å²) in [4.78, 5) is 66.3. The number of carbonyl (C=O) groups excluding carboxylic acids is 5. The number of hydrogen-bond acceptors (Lipinski definition) is 8. The summed E-state index contributed by atoms with van der Waals surface area (Å²) in [5.41, 5.74) is 2.28. The van der Waals surface area contributed by atoms with E-state index in [4.69, 9.17) is 4.52 Å². The van der Waals surface area contributed by atoms with E-state index in [1.54, 1.807) is 42.5 Å². The highest BCUT2D eigenvalue weighted by atomic mass is 32.2. The molecule has 12 nitrogen and oxygen atoms in total. The fourth-order valence-electron chi connectivity index (χ4n) is 6.14. The number of ketones is 1. The van der Waals surface area contributed by atoms with Gasteiger partial charge < -0.3 is 20.5 Å². The Morgan fingerprint density at radius 2 is 1.46 bits per heavy atom. The van der Waals surface area contributed by atoms with Crippen LogP contribution in [0.2, 0.25) is 0 Å². The van der Waals surface area contributed by atoms with Gasteiger partial charge in [-0.25, -0.2) is 4.21 Å². The van der Waals surface area contributed by atoms with Gasteiger partial charge in [0.05, 0.1) is 6.04 Å². The van der Waals surface area contributed by atoms with Crippen molar-refractivity contribution < 1.29 is 37.3 Å². The highest BCUT2D eigenvalue weighted by molar-refractivity contribution is 7.82. The van der Waals surface area contributed by atoms with E-state index in [2.05, 4.69) is 20.7 Å². The molecule has 4 atom stereocenters. The van der Waals surface area contributed by atoms with E-state index in [9.17, 15) is 32.7 Å². The molecule has 3 aromatic carbocycles. The largest absolute Gasteiger partial charge is 0.344 e. The van der Waals surface area contributed by atoms with Gasteiger partial charge in [-0.3, -0.25) is 33.3 Å². The summed E-state index contributed by atoms with van der Waals surface area (Å²) in [7, 11) is -5.05. The summed E-state index contributed by atoms with van der Waals surface area (Å²) in [6, 6.07) is 22.8. The first-order valence-corrected chi connectivity index (χ1v) is 21.0. The first kappa shape index (κ1) is 40.3.